The summed E-state index contributed by atoms with van der Waals surface area (Å²) in [4.78, 5) is 36.0. The summed E-state index contributed by atoms with van der Waals surface area (Å²) in [5.74, 6) is 1.12. The molecule has 4 aromatic rings. The van der Waals surface area contributed by atoms with Gasteiger partial charge >= 0.3 is 5.69 Å². The zero-order valence-electron chi connectivity index (χ0n) is 20.1. The van der Waals surface area contributed by atoms with Crippen molar-refractivity contribution in [3.8, 4) is 17.3 Å². The second kappa shape index (κ2) is 10.4. The van der Waals surface area contributed by atoms with Crippen molar-refractivity contribution in [2.75, 3.05) is 6.61 Å². The van der Waals surface area contributed by atoms with Gasteiger partial charge in [0, 0.05) is 48.5 Å². The lowest BCUT2D eigenvalue weighted by atomic mass is 9.96. The monoisotopic (exact) mass is 553 g/mol. The van der Waals surface area contributed by atoms with Crippen molar-refractivity contribution in [3.05, 3.63) is 73.5 Å². The van der Waals surface area contributed by atoms with E-state index in [4.69, 9.17) is 9.72 Å². The van der Waals surface area contributed by atoms with Crippen LogP contribution in [0, 0.1) is 0 Å². The molecule has 9 nitrogen and oxygen atoms in total. The fraction of sp³-hybridized carbons (Fsp3) is 0.385. The first-order chi connectivity index (χ1) is 17.5. The highest BCUT2D eigenvalue weighted by atomic mass is 79.9. The topological polar surface area (TPSA) is 104 Å². The normalized spacial score (nSPS) is 13.8. The Bertz CT molecular complexity index is 1480. The van der Waals surface area contributed by atoms with Crippen molar-refractivity contribution in [2.24, 2.45) is 0 Å². The highest BCUT2D eigenvalue weighted by Gasteiger charge is 2.23. The zero-order chi connectivity index (χ0) is 25.2. The molecule has 1 aliphatic carbocycles. The Morgan fingerprint density at radius 2 is 1.86 bits per heavy atom. The molecule has 0 atom stereocenters. The summed E-state index contributed by atoms with van der Waals surface area (Å²) >= 11 is 3.47. The Hall–Kier alpha value is -3.24. The quantitative estimate of drug-likeness (QED) is 0.340. The predicted octanol–water partition coefficient (Wildman–Crippen LogP) is 3.57. The lowest BCUT2D eigenvalue weighted by molar-refractivity contribution is 0.114. The SMILES string of the molecule is CCn1c(=O)n(CCCO)c(=O)c2c1nc(-c1ccc(OC3CCC3)nc1)n2Cc1ccc(Br)cc1. The van der Waals surface area contributed by atoms with Gasteiger partial charge in [-0.15, -0.1) is 0 Å². The number of hydrogen-bond acceptors (Lipinski definition) is 6. The summed E-state index contributed by atoms with van der Waals surface area (Å²) in [5.41, 5.74) is 1.55. The van der Waals surface area contributed by atoms with Crippen molar-refractivity contribution in [3.63, 3.8) is 0 Å². The van der Waals surface area contributed by atoms with Gasteiger partial charge in [0.2, 0.25) is 5.88 Å². The molecule has 0 radical (unpaired) electrons. The first-order valence-corrected chi connectivity index (χ1v) is 13.0. The number of halogens is 1. The van der Waals surface area contributed by atoms with Crippen LogP contribution in [-0.4, -0.2) is 41.5 Å². The van der Waals surface area contributed by atoms with Crippen LogP contribution in [0.1, 0.15) is 38.2 Å². The average Bonchev–Trinajstić information content (AvgIpc) is 3.22. The summed E-state index contributed by atoms with van der Waals surface area (Å²) in [6.45, 7) is 2.62. The molecule has 1 N–H and O–H groups in total. The third-order valence-corrected chi connectivity index (χ3v) is 7.09. The molecule has 0 aliphatic heterocycles. The third kappa shape index (κ3) is 4.62. The minimum absolute atomic E-state index is 0.111. The molecule has 0 amide bonds. The zero-order valence-corrected chi connectivity index (χ0v) is 21.6. The molecule has 0 unspecified atom stereocenters. The highest BCUT2D eigenvalue weighted by molar-refractivity contribution is 9.10. The van der Waals surface area contributed by atoms with Crippen LogP contribution in [0.3, 0.4) is 0 Å². The Balaban J connectivity index is 1.68. The van der Waals surface area contributed by atoms with Gasteiger partial charge in [-0.1, -0.05) is 28.1 Å². The van der Waals surface area contributed by atoms with Gasteiger partial charge in [-0.25, -0.2) is 14.8 Å². The molecule has 3 heterocycles. The van der Waals surface area contributed by atoms with E-state index in [0.29, 0.717) is 42.4 Å². The third-order valence-electron chi connectivity index (χ3n) is 6.56. The Morgan fingerprint density at radius 3 is 2.47 bits per heavy atom. The maximum absolute atomic E-state index is 13.6. The van der Waals surface area contributed by atoms with Gasteiger partial charge in [0.25, 0.3) is 5.56 Å². The molecular formula is C26H28BrN5O4. The number of aliphatic hydroxyl groups excluding tert-OH is 1. The fourth-order valence-corrected chi connectivity index (χ4v) is 4.65. The van der Waals surface area contributed by atoms with Gasteiger partial charge in [0.15, 0.2) is 11.2 Å². The number of fused-ring (bicyclic) bond motifs is 1. The number of aromatic nitrogens is 5. The van der Waals surface area contributed by atoms with E-state index in [1.54, 1.807) is 6.20 Å². The summed E-state index contributed by atoms with van der Waals surface area (Å²) in [7, 11) is 0. The lowest BCUT2D eigenvalue weighted by Crippen LogP contribution is -2.40. The van der Waals surface area contributed by atoms with Crippen LogP contribution in [0.2, 0.25) is 0 Å². The summed E-state index contributed by atoms with van der Waals surface area (Å²) < 4.78 is 11.4. The molecule has 0 bridgehead atoms. The Morgan fingerprint density at radius 1 is 1.08 bits per heavy atom. The van der Waals surface area contributed by atoms with Gasteiger partial charge in [-0.3, -0.25) is 13.9 Å². The second-order valence-electron chi connectivity index (χ2n) is 8.94. The van der Waals surface area contributed by atoms with E-state index in [1.165, 1.54) is 15.6 Å². The number of imidazole rings is 1. The first-order valence-electron chi connectivity index (χ1n) is 12.2. The van der Waals surface area contributed by atoms with Crippen molar-refractivity contribution >= 4 is 27.1 Å². The molecule has 5 rings (SSSR count). The fourth-order valence-electron chi connectivity index (χ4n) is 4.39. The molecule has 36 heavy (non-hydrogen) atoms. The number of benzene rings is 1. The summed E-state index contributed by atoms with van der Waals surface area (Å²) in [5, 5.41) is 9.31. The van der Waals surface area contributed by atoms with E-state index in [0.717, 1.165) is 28.4 Å². The maximum atomic E-state index is 13.6. The Kier molecular flexibility index (Phi) is 7.06. The lowest BCUT2D eigenvalue weighted by Gasteiger charge is -2.25. The van der Waals surface area contributed by atoms with E-state index < -0.39 is 11.2 Å². The Labute approximate surface area is 216 Å². The minimum Gasteiger partial charge on any atom is -0.474 e. The van der Waals surface area contributed by atoms with Crippen LogP contribution >= 0.6 is 15.9 Å². The van der Waals surface area contributed by atoms with Crippen LogP contribution < -0.4 is 16.0 Å². The van der Waals surface area contributed by atoms with Crippen LogP contribution in [0.4, 0.5) is 0 Å². The molecule has 0 saturated heterocycles. The number of aryl methyl sites for hydroxylation is 1. The van der Waals surface area contributed by atoms with Gasteiger partial charge in [0.1, 0.15) is 11.9 Å². The summed E-state index contributed by atoms with van der Waals surface area (Å²) in [6.07, 6.45) is 5.50. The van der Waals surface area contributed by atoms with Gasteiger partial charge in [-0.2, -0.15) is 0 Å². The standard InChI is InChI=1S/C26H28BrN5O4/c1-2-30-24-22(25(34)31(26(30)35)13-4-14-33)32(16-17-7-10-19(27)11-8-17)23(29-24)18-9-12-21(28-15-18)36-20-5-3-6-20/h7-12,15,20,33H,2-6,13-14,16H2,1H3. The molecule has 1 fully saturated rings. The van der Waals surface area contributed by atoms with E-state index in [-0.39, 0.29) is 19.3 Å². The predicted molar refractivity (Wildman–Crippen MR) is 140 cm³/mol. The number of rotatable bonds is 9. The van der Waals surface area contributed by atoms with Crippen molar-refractivity contribution in [1.82, 2.24) is 23.7 Å². The van der Waals surface area contributed by atoms with Gasteiger partial charge < -0.3 is 14.4 Å². The van der Waals surface area contributed by atoms with Gasteiger partial charge in [-0.05, 0) is 56.4 Å². The molecule has 3 aromatic heterocycles. The average molecular weight is 554 g/mol. The smallest absolute Gasteiger partial charge is 0.332 e. The number of ether oxygens (including phenoxy) is 1. The molecular weight excluding hydrogens is 526 g/mol. The summed E-state index contributed by atoms with van der Waals surface area (Å²) in [6, 6.07) is 11.6. The number of aliphatic hydroxyl groups is 1. The van der Waals surface area contributed by atoms with E-state index in [2.05, 4.69) is 20.9 Å². The van der Waals surface area contributed by atoms with Crippen LogP contribution in [-0.2, 0) is 19.6 Å². The van der Waals surface area contributed by atoms with E-state index in [9.17, 15) is 14.7 Å². The highest BCUT2D eigenvalue weighted by Crippen LogP contribution is 2.27. The van der Waals surface area contributed by atoms with E-state index >= 15 is 0 Å². The van der Waals surface area contributed by atoms with Gasteiger partial charge in [0.05, 0.1) is 0 Å². The second-order valence-corrected chi connectivity index (χ2v) is 9.85. The number of nitrogens with zero attached hydrogens (tertiary/aromatic N) is 5. The first kappa shape index (κ1) is 24.5. The van der Waals surface area contributed by atoms with Crippen LogP contribution in [0.25, 0.3) is 22.6 Å². The van der Waals surface area contributed by atoms with Crippen LogP contribution in [0.5, 0.6) is 5.88 Å². The molecule has 10 heteroatoms. The number of hydrogen-bond donors (Lipinski definition) is 1. The molecule has 0 spiro atoms. The van der Waals surface area contributed by atoms with E-state index in [1.807, 2.05) is 47.9 Å². The molecule has 1 aliphatic rings. The van der Waals surface area contributed by atoms with Crippen molar-refractivity contribution < 1.29 is 9.84 Å². The van der Waals surface area contributed by atoms with Crippen molar-refractivity contribution in [2.45, 2.75) is 58.3 Å². The molecule has 1 saturated carbocycles. The number of pyridine rings is 1. The molecule has 1 aromatic carbocycles. The largest absolute Gasteiger partial charge is 0.474 e. The minimum atomic E-state index is -0.425. The molecule has 188 valence electrons. The van der Waals surface area contributed by atoms with Crippen LogP contribution in [0.15, 0.2) is 56.7 Å². The maximum Gasteiger partial charge on any atom is 0.332 e. The van der Waals surface area contributed by atoms with Crippen molar-refractivity contribution in [1.29, 1.82) is 0 Å².